The van der Waals surface area contributed by atoms with E-state index in [1.807, 2.05) is 0 Å². The molecule has 1 N–H and O–H groups in total. The molecule has 0 radical (unpaired) electrons. The maximum absolute atomic E-state index is 4.32. The smallest absolute Gasteiger partial charge is 0.147 e. The minimum absolute atomic E-state index is 0.223. The van der Waals surface area contributed by atoms with Crippen LogP contribution in [-0.4, -0.2) is 20.3 Å². The van der Waals surface area contributed by atoms with Gasteiger partial charge in [0.15, 0.2) is 0 Å². The van der Waals surface area contributed by atoms with E-state index in [0.29, 0.717) is 0 Å². The molecular weight excluding hydrogens is 212 g/mol. The zero-order chi connectivity index (χ0) is 12.3. The fourth-order valence-corrected chi connectivity index (χ4v) is 2.29. The van der Waals surface area contributed by atoms with Crippen molar-refractivity contribution in [1.82, 2.24) is 20.1 Å². The fraction of sp³-hybridized carbons (Fsp3) is 0.846. The summed E-state index contributed by atoms with van der Waals surface area (Å²) >= 11 is 0. The van der Waals surface area contributed by atoms with Crippen molar-refractivity contribution in [3.8, 4) is 0 Å². The summed E-state index contributed by atoms with van der Waals surface area (Å²) < 4.78 is 2.29. The number of aryl methyl sites for hydroxylation is 1. The second-order valence-corrected chi connectivity index (χ2v) is 5.26. The zero-order valence-corrected chi connectivity index (χ0v) is 11.3. The molecule has 0 saturated carbocycles. The Hall–Kier alpha value is -0.900. The Labute approximate surface area is 104 Å². The average molecular weight is 236 g/mol. The number of nitrogens with one attached hydrogen (secondary N) is 1. The zero-order valence-electron chi connectivity index (χ0n) is 11.3. The summed E-state index contributed by atoms with van der Waals surface area (Å²) in [4.78, 5) is 0. The molecule has 0 atom stereocenters. The summed E-state index contributed by atoms with van der Waals surface area (Å²) in [6, 6.07) is 0. The predicted molar refractivity (Wildman–Crippen MR) is 68.8 cm³/mol. The summed E-state index contributed by atoms with van der Waals surface area (Å²) in [7, 11) is 0. The molecule has 0 unspecified atom stereocenters. The van der Waals surface area contributed by atoms with Crippen molar-refractivity contribution in [2.45, 2.75) is 71.5 Å². The number of hydrogen-bond donors (Lipinski definition) is 1. The van der Waals surface area contributed by atoms with Gasteiger partial charge < -0.3 is 9.88 Å². The molecule has 0 amide bonds. The summed E-state index contributed by atoms with van der Waals surface area (Å²) in [6.07, 6.45) is 5.89. The van der Waals surface area contributed by atoms with E-state index in [1.165, 1.54) is 18.7 Å². The van der Waals surface area contributed by atoms with Gasteiger partial charge in [-0.3, -0.25) is 0 Å². The van der Waals surface area contributed by atoms with Gasteiger partial charge in [-0.1, -0.05) is 13.8 Å². The Balaban J connectivity index is 2.02. The first-order valence-corrected chi connectivity index (χ1v) is 6.84. The van der Waals surface area contributed by atoms with E-state index < -0.39 is 0 Å². The van der Waals surface area contributed by atoms with Crippen LogP contribution >= 0.6 is 0 Å². The average Bonchev–Trinajstić information content (AvgIpc) is 2.79. The maximum atomic E-state index is 4.32. The highest BCUT2D eigenvalue weighted by molar-refractivity contribution is 4.99. The number of fused-ring (bicyclic) bond motifs is 1. The van der Waals surface area contributed by atoms with Crippen molar-refractivity contribution < 1.29 is 0 Å². The SMILES string of the molecule is CCC(C)(CC)NCc1nnc2n1CCCC2. The molecule has 0 bridgehead atoms. The lowest BCUT2D eigenvalue weighted by atomic mass is 9.96. The maximum Gasteiger partial charge on any atom is 0.147 e. The summed E-state index contributed by atoms with van der Waals surface area (Å²) in [5.74, 6) is 2.27. The van der Waals surface area contributed by atoms with Gasteiger partial charge in [0.05, 0.1) is 6.54 Å². The quantitative estimate of drug-likeness (QED) is 0.853. The van der Waals surface area contributed by atoms with Crippen LogP contribution in [0.3, 0.4) is 0 Å². The largest absolute Gasteiger partial charge is 0.314 e. The molecule has 0 aromatic carbocycles. The second-order valence-electron chi connectivity index (χ2n) is 5.26. The van der Waals surface area contributed by atoms with Crippen molar-refractivity contribution in [2.24, 2.45) is 0 Å². The highest BCUT2D eigenvalue weighted by Gasteiger charge is 2.21. The number of hydrogen-bond acceptors (Lipinski definition) is 3. The van der Waals surface area contributed by atoms with Gasteiger partial charge in [0.2, 0.25) is 0 Å². The predicted octanol–water partition coefficient (Wildman–Crippen LogP) is 2.28. The molecule has 0 fully saturated rings. The summed E-state index contributed by atoms with van der Waals surface area (Å²) in [6.45, 7) is 8.67. The van der Waals surface area contributed by atoms with Crippen molar-refractivity contribution in [3.05, 3.63) is 11.6 Å². The third kappa shape index (κ3) is 2.68. The molecule has 2 heterocycles. The molecular formula is C13H24N4. The third-order valence-electron chi connectivity index (χ3n) is 4.17. The molecule has 1 aromatic rings. The van der Waals surface area contributed by atoms with Crippen LogP contribution in [0.1, 0.15) is 58.1 Å². The van der Waals surface area contributed by atoms with E-state index in [9.17, 15) is 0 Å². The number of aromatic nitrogens is 3. The van der Waals surface area contributed by atoms with E-state index in [4.69, 9.17) is 0 Å². The lowest BCUT2D eigenvalue weighted by molar-refractivity contribution is 0.321. The molecule has 2 rings (SSSR count). The van der Waals surface area contributed by atoms with E-state index in [-0.39, 0.29) is 5.54 Å². The van der Waals surface area contributed by atoms with Crippen LogP contribution in [0, 0.1) is 0 Å². The molecule has 0 spiro atoms. The molecule has 1 aliphatic heterocycles. The van der Waals surface area contributed by atoms with Crippen LogP contribution in [-0.2, 0) is 19.5 Å². The molecule has 0 saturated heterocycles. The van der Waals surface area contributed by atoms with E-state index in [1.54, 1.807) is 0 Å². The van der Waals surface area contributed by atoms with Crippen molar-refractivity contribution >= 4 is 0 Å². The van der Waals surface area contributed by atoms with Crippen molar-refractivity contribution in [2.75, 3.05) is 0 Å². The molecule has 1 aromatic heterocycles. The molecule has 96 valence electrons. The van der Waals surface area contributed by atoms with Gasteiger partial charge in [0.1, 0.15) is 11.6 Å². The van der Waals surface area contributed by atoms with Crippen LogP contribution in [0.2, 0.25) is 0 Å². The van der Waals surface area contributed by atoms with Gasteiger partial charge in [0, 0.05) is 18.5 Å². The second kappa shape index (κ2) is 5.17. The first-order chi connectivity index (χ1) is 8.18. The minimum Gasteiger partial charge on any atom is -0.314 e. The lowest BCUT2D eigenvalue weighted by Crippen LogP contribution is -2.41. The van der Waals surface area contributed by atoms with Crippen LogP contribution in [0.4, 0.5) is 0 Å². The Morgan fingerprint density at radius 1 is 1.24 bits per heavy atom. The highest BCUT2D eigenvalue weighted by atomic mass is 15.3. The van der Waals surface area contributed by atoms with Gasteiger partial charge in [-0.2, -0.15) is 0 Å². The van der Waals surface area contributed by atoms with Crippen molar-refractivity contribution in [1.29, 1.82) is 0 Å². The van der Waals surface area contributed by atoms with Gasteiger partial charge in [0.25, 0.3) is 0 Å². The summed E-state index contributed by atoms with van der Waals surface area (Å²) in [5, 5.41) is 12.2. The van der Waals surface area contributed by atoms with E-state index in [0.717, 1.165) is 38.2 Å². The molecule has 4 heteroatoms. The third-order valence-corrected chi connectivity index (χ3v) is 4.17. The monoisotopic (exact) mass is 236 g/mol. The molecule has 1 aliphatic rings. The summed E-state index contributed by atoms with van der Waals surface area (Å²) in [5.41, 5.74) is 0.223. The van der Waals surface area contributed by atoms with Gasteiger partial charge >= 0.3 is 0 Å². The number of nitrogens with zero attached hydrogens (tertiary/aromatic N) is 3. The highest BCUT2D eigenvalue weighted by Crippen LogP contribution is 2.17. The topological polar surface area (TPSA) is 42.7 Å². The van der Waals surface area contributed by atoms with Gasteiger partial charge in [-0.15, -0.1) is 10.2 Å². The molecule has 4 nitrogen and oxygen atoms in total. The van der Waals surface area contributed by atoms with Gasteiger partial charge in [-0.25, -0.2) is 0 Å². The molecule has 17 heavy (non-hydrogen) atoms. The normalized spacial score (nSPS) is 15.9. The lowest BCUT2D eigenvalue weighted by Gasteiger charge is -2.28. The first kappa shape index (κ1) is 12.6. The van der Waals surface area contributed by atoms with E-state index >= 15 is 0 Å². The number of rotatable bonds is 5. The Bertz CT molecular complexity index is 365. The Kier molecular flexibility index (Phi) is 3.82. The Morgan fingerprint density at radius 3 is 2.71 bits per heavy atom. The first-order valence-electron chi connectivity index (χ1n) is 6.84. The van der Waals surface area contributed by atoms with Crippen molar-refractivity contribution in [3.63, 3.8) is 0 Å². The van der Waals surface area contributed by atoms with Crippen LogP contribution in [0.15, 0.2) is 0 Å². The van der Waals surface area contributed by atoms with E-state index in [2.05, 4.69) is 40.9 Å². The minimum atomic E-state index is 0.223. The van der Waals surface area contributed by atoms with Crippen LogP contribution in [0.25, 0.3) is 0 Å². The fourth-order valence-electron chi connectivity index (χ4n) is 2.29. The molecule has 0 aliphatic carbocycles. The Morgan fingerprint density at radius 2 is 2.00 bits per heavy atom. The standard InChI is InChI=1S/C13H24N4/c1-4-13(3,5-2)14-10-12-16-15-11-8-6-7-9-17(11)12/h14H,4-10H2,1-3H3. The van der Waals surface area contributed by atoms with Crippen LogP contribution < -0.4 is 5.32 Å². The van der Waals surface area contributed by atoms with Crippen LogP contribution in [0.5, 0.6) is 0 Å². The van der Waals surface area contributed by atoms with Gasteiger partial charge in [-0.05, 0) is 32.6 Å².